The van der Waals surface area contributed by atoms with Crippen LogP contribution in [0.5, 0.6) is 0 Å². The highest BCUT2D eigenvalue weighted by molar-refractivity contribution is 5.09. The molecule has 0 aliphatic carbocycles. The maximum atomic E-state index is 11.8. The number of aromatic nitrogens is 1. The molecule has 0 spiro atoms. The van der Waals surface area contributed by atoms with Gasteiger partial charge in [0, 0.05) is 32.0 Å². The molecule has 0 saturated heterocycles. The Hall–Kier alpha value is -1.01. The lowest BCUT2D eigenvalue weighted by Gasteiger charge is -2.07. The summed E-state index contributed by atoms with van der Waals surface area (Å²) in [4.78, 5) is 0. The summed E-state index contributed by atoms with van der Waals surface area (Å²) < 4.78 is 41.9. The van der Waals surface area contributed by atoms with Crippen LogP contribution in [0.1, 0.15) is 18.9 Å². The molecule has 0 radical (unpaired) electrons. The second kappa shape index (κ2) is 7.43. The molecule has 1 N–H and O–H groups in total. The maximum Gasteiger partial charge on any atom is 0.411 e. The van der Waals surface area contributed by atoms with Crippen molar-refractivity contribution in [1.29, 1.82) is 0 Å². The molecule has 0 amide bonds. The molecule has 0 aliphatic rings. The Labute approximate surface area is 105 Å². The minimum atomic E-state index is -4.24. The highest BCUT2D eigenvalue weighted by Gasteiger charge is 2.27. The zero-order chi connectivity index (χ0) is 13.4. The molecule has 1 aromatic rings. The third-order valence-electron chi connectivity index (χ3n) is 2.31. The average molecular weight is 264 g/mol. The van der Waals surface area contributed by atoms with E-state index in [0.717, 1.165) is 18.5 Å². The summed E-state index contributed by atoms with van der Waals surface area (Å²) in [7, 11) is 0. The molecule has 0 fully saturated rings. The van der Waals surface area contributed by atoms with E-state index in [2.05, 4.69) is 21.5 Å². The van der Waals surface area contributed by atoms with Gasteiger partial charge in [0.2, 0.25) is 0 Å². The SMILES string of the molecule is CCCn1ccc(CNCCOCC(F)(F)F)c1. The summed E-state index contributed by atoms with van der Waals surface area (Å²) >= 11 is 0. The van der Waals surface area contributed by atoms with Crippen LogP contribution in [-0.2, 0) is 17.8 Å². The predicted octanol–water partition coefficient (Wildman–Crippen LogP) is 2.57. The third kappa shape index (κ3) is 6.66. The van der Waals surface area contributed by atoms with Crippen LogP contribution in [0.2, 0.25) is 0 Å². The van der Waals surface area contributed by atoms with Gasteiger partial charge in [-0.2, -0.15) is 13.2 Å². The number of rotatable bonds is 8. The van der Waals surface area contributed by atoms with E-state index in [-0.39, 0.29) is 6.61 Å². The van der Waals surface area contributed by atoms with Crippen LogP contribution in [0.25, 0.3) is 0 Å². The van der Waals surface area contributed by atoms with Crippen molar-refractivity contribution in [2.45, 2.75) is 32.6 Å². The lowest BCUT2D eigenvalue weighted by Crippen LogP contribution is -2.23. The Kier molecular flexibility index (Phi) is 6.21. The fourth-order valence-electron chi connectivity index (χ4n) is 1.56. The van der Waals surface area contributed by atoms with Crippen molar-refractivity contribution in [3.8, 4) is 0 Å². The molecular weight excluding hydrogens is 245 g/mol. The monoisotopic (exact) mass is 264 g/mol. The second-order valence-corrected chi connectivity index (χ2v) is 4.10. The molecule has 1 heterocycles. The number of alkyl halides is 3. The minimum Gasteiger partial charge on any atom is -0.371 e. The minimum absolute atomic E-state index is 0.0647. The molecule has 0 saturated carbocycles. The third-order valence-corrected chi connectivity index (χ3v) is 2.31. The summed E-state index contributed by atoms with van der Waals surface area (Å²) in [5.74, 6) is 0. The summed E-state index contributed by atoms with van der Waals surface area (Å²) in [5, 5.41) is 3.04. The van der Waals surface area contributed by atoms with Crippen molar-refractivity contribution in [1.82, 2.24) is 9.88 Å². The molecule has 0 aromatic carbocycles. The van der Waals surface area contributed by atoms with Gasteiger partial charge in [-0.3, -0.25) is 0 Å². The van der Waals surface area contributed by atoms with Crippen molar-refractivity contribution >= 4 is 0 Å². The Morgan fingerprint density at radius 3 is 2.83 bits per heavy atom. The van der Waals surface area contributed by atoms with E-state index >= 15 is 0 Å². The summed E-state index contributed by atoms with van der Waals surface area (Å²) in [6.07, 6.45) is 0.873. The summed E-state index contributed by atoms with van der Waals surface area (Å²) in [5.41, 5.74) is 1.12. The predicted molar refractivity (Wildman–Crippen MR) is 63.3 cm³/mol. The van der Waals surface area contributed by atoms with E-state index in [9.17, 15) is 13.2 Å². The Bertz CT molecular complexity index is 336. The number of halogens is 3. The van der Waals surface area contributed by atoms with Gasteiger partial charge in [0.25, 0.3) is 0 Å². The highest BCUT2D eigenvalue weighted by Crippen LogP contribution is 2.13. The van der Waals surface area contributed by atoms with E-state index in [1.807, 2.05) is 18.5 Å². The van der Waals surface area contributed by atoms with Gasteiger partial charge in [-0.05, 0) is 18.1 Å². The van der Waals surface area contributed by atoms with Crippen LogP contribution in [0.15, 0.2) is 18.5 Å². The molecule has 3 nitrogen and oxygen atoms in total. The van der Waals surface area contributed by atoms with Crippen LogP contribution < -0.4 is 5.32 Å². The molecule has 0 unspecified atom stereocenters. The number of nitrogens with one attached hydrogen (secondary N) is 1. The van der Waals surface area contributed by atoms with Crippen molar-refractivity contribution in [2.24, 2.45) is 0 Å². The molecule has 18 heavy (non-hydrogen) atoms. The molecular formula is C12H19F3N2O. The second-order valence-electron chi connectivity index (χ2n) is 4.10. The molecule has 0 atom stereocenters. The fraction of sp³-hybridized carbons (Fsp3) is 0.667. The molecule has 0 bridgehead atoms. The van der Waals surface area contributed by atoms with Crippen LogP contribution in [0, 0.1) is 0 Å². The molecule has 0 aliphatic heterocycles. The zero-order valence-corrected chi connectivity index (χ0v) is 10.5. The van der Waals surface area contributed by atoms with Crippen molar-refractivity contribution in [3.63, 3.8) is 0 Å². The van der Waals surface area contributed by atoms with E-state index in [4.69, 9.17) is 0 Å². The zero-order valence-electron chi connectivity index (χ0n) is 10.5. The lowest BCUT2D eigenvalue weighted by molar-refractivity contribution is -0.173. The van der Waals surface area contributed by atoms with Crippen molar-refractivity contribution in [2.75, 3.05) is 19.8 Å². The highest BCUT2D eigenvalue weighted by atomic mass is 19.4. The van der Waals surface area contributed by atoms with Gasteiger partial charge in [-0.25, -0.2) is 0 Å². The smallest absolute Gasteiger partial charge is 0.371 e. The first-order chi connectivity index (χ1) is 8.51. The summed E-state index contributed by atoms with van der Waals surface area (Å²) in [6.45, 7) is 3.03. The van der Waals surface area contributed by atoms with Crippen LogP contribution in [0.4, 0.5) is 13.2 Å². The molecule has 6 heteroatoms. The van der Waals surface area contributed by atoms with Gasteiger partial charge < -0.3 is 14.6 Å². The van der Waals surface area contributed by atoms with Gasteiger partial charge in [0.05, 0.1) is 6.61 Å². The van der Waals surface area contributed by atoms with E-state index in [1.165, 1.54) is 0 Å². The quantitative estimate of drug-likeness (QED) is 0.730. The van der Waals surface area contributed by atoms with Crippen molar-refractivity contribution in [3.05, 3.63) is 24.0 Å². The van der Waals surface area contributed by atoms with E-state index in [1.54, 1.807) is 0 Å². The Morgan fingerprint density at radius 2 is 2.17 bits per heavy atom. The Morgan fingerprint density at radius 1 is 1.39 bits per heavy atom. The first-order valence-electron chi connectivity index (χ1n) is 6.01. The first-order valence-corrected chi connectivity index (χ1v) is 6.01. The standard InChI is InChI=1S/C12H19F3N2O/c1-2-5-17-6-3-11(9-17)8-16-4-7-18-10-12(13,14)15/h3,6,9,16H,2,4-5,7-8,10H2,1H3. The van der Waals surface area contributed by atoms with Crippen LogP contribution in [0.3, 0.4) is 0 Å². The van der Waals surface area contributed by atoms with E-state index in [0.29, 0.717) is 13.1 Å². The topological polar surface area (TPSA) is 26.2 Å². The number of nitrogens with zero attached hydrogens (tertiary/aromatic N) is 1. The van der Waals surface area contributed by atoms with E-state index < -0.39 is 12.8 Å². The lowest BCUT2D eigenvalue weighted by atomic mass is 10.3. The fourth-order valence-corrected chi connectivity index (χ4v) is 1.56. The van der Waals surface area contributed by atoms with Crippen LogP contribution in [-0.4, -0.2) is 30.5 Å². The Balaban J connectivity index is 2.07. The normalized spacial score (nSPS) is 12.0. The number of hydrogen-bond acceptors (Lipinski definition) is 2. The first kappa shape index (κ1) is 15.0. The number of aryl methyl sites for hydroxylation is 1. The maximum absolute atomic E-state index is 11.8. The van der Waals surface area contributed by atoms with Gasteiger partial charge >= 0.3 is 6.18 Å². The number of hydrogen-bond donors (Lipinski definition) is 1. The number of ether oxygens (including phenoxy) is 1. The molecule has 1 aromatic heterocycles. The van der Waals surface area contributed by atoms with Gasteiger partial charge in [0.15, 0.2) is 0 Å². The molecule has 1 rings (SSSR count). The average Bonchev–Trinajstić information content (AvgIpc) is 2.70. The largest absolute Gasteiger partial charge is 0.411 e. The van der Waals surface area contributed by atoms with Gasteiger partial charge in [-0.15, -0.1) is 0 Å². The van der Waals surface area contributed by atoms with Crippen molar-refractivity contribution < 1.29 is 17.9 Å². The van der Waals surface area contributed by atoms with Gasteiger partial charge in [-0.1, -0.05) is 6.92 Å². The molecule has 104 valence electrons. The van der Waals surface area contributed by atoms with Gasteiger partial charge in [0.1, 0.15) is 6.61 Å². The summed E-state index contributed by atoms with van der Waals surface area (Å²) in [6, 6.07) is 2.00. The van der Waals surface area contributed by atoms with Crippen LogP contribution >= 0.6 is 0 Å².